The van der Waals surface area contributed by atoms with Crippen LogP contribution in [0, 0.1) is 6.92 Å². The van der Waals surface area contributed by atoms with Gasteiger partial charge in [-0.1, -0.05) is 18.2 Å². The number of hydrogen-bond acceptors (Lipinski definition) is 5. The molecule has 0 atom stereocenters. The summed E-state index contributed by atoms with van der Waals surface area (Å²) in [6, 6.07) is 12.3. The molecule has 1 N–H and O–H groups in total. The number of fused-ring (bicyclic) bond motifs is 1. The van der Waals surface area contributed by atoms with Crippen LogP contribution in [0.4, 0.5) is 5.69 Å². The van der Waals surface area contributed by atoms with E-state index in [0.29, 0.717) is 22.6 Å². The van der Waals surface area contributed by atoms with E-state index in [-0.39, 0.29) is 30.2 Å². The van der Waals surface area contributed by atoms with Crippen molar-refractivity contribution in [3.63, 3.8) is 0 Å². The van der Waals surface area contributed by atoms with E-state index < -0.39 is 5.97 Å². The average Bonchev–Trinajstić information content (AvgIpc) is 2.95. The van der Waals surface area contributed by atoms with Gasteiger partial charge in [0.05, 0.1) is 23.6 Å². The summed E-state index contributed by atoms with van der Waals surface area (Å²) >= 11 is 0. The SMILES string of the molecule is Cc1c(N=Cc2cc(C(=O)O)cc3c2OCOC3)c(=O)n(-c2ccccc2)n1C. The highest BCUT2D eigenvalue weighted by molar-refractivity contribution is 5.94. The fourth-order valence-corrected chi connectivity index (χ4v) is 3.31. The molecule has 2 aromatic carbocycles. The first-order valence-electron chi connectivity index (χ1n) is 8.96. The Morgan fingerprint density at radius 1 is 1.24 bits per heavy atom. The van der Waals surface area contributed by atoms with Gasteiger partial charge >= 0.3 is 5.97 Å². The summed E-state index contributed by atoms with van der Waals surface area (Å²) in [6.45, 7) is 2.13. The number of nitrogens with zero attached hydrogens (tertiary/aromatic N) is 3. The minimum Gasteiger partial charge on any atom is -0.478 e. The second-order valence-corrected chi connectivity index (χ2v) is 6.64. The van der Waals surface area contributed by atoms with Crippen LogP contribution in [-0.4, -0.2) is 33.4 Å². The molecule has 4 rings (SSSR count). The highest BCUT2D eigenvalue weighted by Gasteiger charge is 2.19. The zero-order valence-electron chi connectivity index (χ0n) is 16.0. The highest BCUT2D eigenvalue weighted by atomic mass is 16.7. The Bertz CT molecular complexity index is 1180. The molecule has 1 aliphatic rings. The smallest absolute Gasteiger partial charge is 0.335 e. The van der Waals surface area contributed by atoms with Crippen LogP contribution in [0.3, 0.4) is 0 Å². The Hall–Kier alpha value is -3.65. The summed E-state index contributed by atoms with van der Waals surface area (Å²) in [5.41, 5.74) is 2.64. The Kier molecular flexibility index (Phi) is 4.77. The summed E-state index contributed by atoms with van der Waals surface area (Å²) in [6.07, 6.45) is 1.47. The number of aromatic nitrogens is 2. The minimum atomic E-state index is -1.06. The van der Waals surface area contributed by atoms with Crippen LogP contribution in [0.15, 0.2) is 52.3 Å². The number of ether oxygens (including phenoxy) is 2. The lowest BCUT2D eigenvalue weighted by Gasteiger charge is -2.20. The fraction of sp³-hybridized carbons (Fsp3) is 0.190. The molecule has 0 unspecified atom stereocenters. The van der Waals surface area contributed by atoms with E-state index in [0.717, 1.165) is 5.69 Å². The fourth-order valence-electron chi connectivity index (χ4n) is 3.31. The molecule has 1 aliphatic heterocycles. The number of para-hydroxylation sites is 1. The van der Waals surface area contributed by atoms with Crippen molar-refractivity contribution in [1.29, 1.82) is 0 Å². The van der Waals surface area contributed by atoms with Gasteiger partial charge in [-0.2, -0.15) is 0 Å². The average molecular weight is 393 g/mol. The van der Waals surface area contributed by atoms with Crippen molar-refractivity contribution in [1.82, 2.24) is 9.36 Å². The number of hydrogen-bond donors (Lipinski definition) is 1. The molecule has 0 bridgehead atoms. The van der Waals surface area contributed by atoms with Crippen molar-refractivity contribution in [2.75, 3.05) is 6.79 Å². The van der Waals surface area contributed by atoms with Crippen LogP contribution in [0.2, 0.25) is 0 Å². The van der Waals surface area contributed by atoms with Crippen LogP contribution >= 0.6 is 0 Å². The maximum absolute atomic E-state index is 13.0. The van der Waals surface area contributed by atoms with Gasteiger partial charge in [0, 0.05) is 24.4 Å². The van der Waals surface area contributed by atoms with Gasteiger partial charge in [-0.25, -0.2) is 14.5 Å². The lowest BCUT2D eigenvalue weighted by atomic mass is 10.0. The lowest BCUT2D eigenvalue weighted by molar-refractivity contribution is -0.0165. The number of aliphatic imine (C=N–C) groups is 1. The predicted molar refractivity (Wildman–Crippen MR) is 107 cm³/mol. The van der Waals surface area contributed by atoms with Crippen molar-refractivity contribution in [2.45, 2.75) is 13.5 Å². The molecule has 8 nitrogen and oxygen atoms in total. The molecule has 0 saturated carbocycles. The van der Waals surface area contributed by atoms with Gasteiger partial charge in [-0.05, 0) is 31.2 Å². The van der Waals surface area contributed by atoms with Gasteiger partial charge in [0.1, 0.15) is 5.75 Å². The number of benzene rings is 2. The molecule has 3 aromatic rings. The third-order valence-corrected chi connectivity index (χ3v) is 4.84. The second-order valence-electron chi connectivity index (χ2n) is 6.64. The van der Waals surface area contributed by atoms with E-state index in [2.05, 4.69) is 4.99 Å². The summed E-state index contributed by atoms with van der Waals surface area (Å²) in [5, 5.41) is 9.37. The Morgan fingerprint density at radius 2 is 2.00 bits per heavy atom. The van der Waals surface area contributed by atoms with Gasteiger partial charge in [-0.15, -0.1) is 0 Å². The molecule has 0 aliphatic carbocycles. The highest BCUT2D eigenvalue weighted by Crippen LogP contribution is 2.29. The van der Waals surface area contributed by atoms with Crippen LogP contribution in [0.5, 0.6) is 5.75 Å². The quantitative estimate of drug-likeness (QED) is 0.688. The molecule has 0 amide bonds. The van der Waals surface area contributed by atoms with E-state index in [1.54, 1.807) is 18.7 Å². The standard InChI is InChI=1S/C21H19N3O5/c1-13-18(20(25)24(23(13)2)17-6-4-3-5-7-17)22-10-15-8-14(21(26)27)9-16-11-28-12-29-19(15)16/h3-10H,11-12H2,1-2H3,(H,26,27). The normalized spacial score (nSPS) is 13.3. The number of carboxylic acids is 1. The van der Waals surface area contributed by atoms with E-state index in [4.69, 9.17) is 9.47 Å². The van der Waals surface area contributed by atoms with E-state index >= 15 is 0 Å². The van der Waals surface area contributed by atoms with Crippen LogP contribution in [-0.2, 0) is 18.4 Å². The third-order valence-electron chi connectivity index (χ3n) is 4.84. The van der Waals surface area contributed by atoms with Gasteiger partial charge < -0.3 is 14.6 Å². The van der Waals surface area contributed by atoms with E-state index in [9.17, 15) is 14.7 Å². The van der Waals surface area contributed by atoms with Gasteiger partial charge in [0.2, 0.25) is 0 Å². The molecular formula is C21H19N3O5. The zero-order chi connectivity index (χ0) is 20.5. The Labute approximate surface area is 166 Å². The minimum absolute atomic E-state index is 0.0748. The van der Waals surface area contributed by atoms with Crippen molar-refractivity contribution in [2.24, 2.45) is 12.0 Å². The third kappa shape index (κ3) is 3.34. The van der Waals surface area contributed by atoms with Crippen molar-refractivity contribution < 1.29 is 19.4 Å². The molecule has 0 fully saturated rings. The van der Waals surface area contributed by atoms with Crippen LogP contribution in [0.1, 0.15) is 27.2 Å². The monoisotopic (exact) mass is 393 g/mol. The zero-order valence-corrected chi connectivity index (χ0v) is 16.0. The molecule has 0 saturated heterocycles. The van der Waals surface area contributed by atoms with Crippen LogP contribution < -0.4 is 10.3 Å². The summed E-state index contributed by atoms with van der Waals surface area (Å²) in [4.78, 5) is 28.8. The maximum atomic E-state index is 13.0. The molecule has 0 radical (unpaired) electrons. The summed E-state index contributed by atoms with van der Waals surface area (Å²) < 4.78 is 14.1. The van der Waals surface area contributed by atoms with Crippen LogP contribution in [0.25, 0.3) is 5.69 Å². The largest absolute Gasteiger partial charge is 0.478 e. The number of carbonyl (C=O) groups is 1. The lowest BCUT2D eigenvalue weighted by Crippen LogP contribution is -2.19. The van der Waals surface area contributed by atoms with E-state index in [1.165, 1.54) is 23.0 Å². The maximum Gasteiger partial charge on any atom is 0.335 e. The molecule has 148 valence electrons. The van der Waals surface area contributed by atoms with Gasteiger partial charge in [0.15, 0.2) is 12.5 Å². The molecule has 2 heterocycles. The first kappa shape index (κ1) is 18.7. The number of carboxylic acid groups (broad SMARTS) is 1. The molecule has 0 spiro atoms. The van der Waals surface area contributed by atoms with Crippen molar-refractivity contribution in [3.8, 4) is 11.4 Å². The number of aromatic carboxylic acids is 1. The second kappa shape index (κ2) is 7.40. The first-order valence-corrected chi connectivity index (χ1v) is 8.96. The Balaban J connectivity index is 1.81. The van der Waals surface area contributed by atoms with E-state index in [1.807, 2.05) is 30.3 Å². The molecule has 8 heteroatoms. The molecule has 29 heavy (non-hydrogen) atoms. The van der Waals surface area contributed by atoms with Gasteiger partial charge in [-0.3, -0.25) is 9.48 Å². The summed E-state index contributed by atoms with van der Waals surface area (Å²) in [5.74, 6) is -0.544. The summed E-state index contributed by atoms with van der Waals surface area (Å²) in [7, 11) is 1.79. The molecular weight excluding hydrogens is 374 g/mol. The molecule has 1 aromatic heterocycles. The van der Waals surface area contributed by atoms with Crippen molar-refractivity contribution in [3.05, 3.63) is 75.2 Å². The Morgan fingerprint density at radius 3 is 2.72 bits per heavy atom. The van der Waals surface area contributed by atoms with Crippen molar-refractivity contribution >= 4 is 17.9 Å². The van der Waals surface area contributed by atoms with Gasteiger partial charge in [0.25, 0.3) is 5.56 Å². The number of rotatable bonds is 4. The topological polar surface area (TPSA) is 95.1 Å². The predicted octanol–water partition coefficient (Wildman–Crippen LogP) is 2.80. The first-order chi connectivity index (χ1) is 14.0.